The average molecular weight is 181 g/mol. The second-order valence-electron chi connectivity index (χ2n) is 1.42. The molecular formula is C4H13ClMgO2Si. The van der Waals surface area contributed by atoms with Gasteiger partial charge in [0.05, 0.1) is 0 Å². The van der Waals surface area contributed by atoms with Gasteiger partial charge in [0.2, 0.25) is 4.87 Å². The van der Waals surface area contributed by atoms with E-state index in [0.717, 1.165) is 0 Å². The van der Waals surface area contributed by atoms with E-state index in [2.05, 4.69) is 0 Å². The van der Waals surface area contributed by atoms with E-state index in [9.17, 15) is 0 Å². The van der Waals surface area contributed by atoms with Crippen LogP contribution in [0.2, 0.25) is 6.55 Å². The lowest BCUT2D eigenvalue weighted by Gasteiger charge is -2.20. The molecule has 5 heteroatoms. The van der Waals surface area contributed by atoms with E-state index in [0.29, 0.717) is 0 Å². The maximum absolute atomic E-state index is 5.71. The van der Waals surface area contributed by atoms with Crippen molar-refractivity contribution in [2.75, 3.05) is 14.2 Å². The summed E-state index contributed by atoms with van der Waals surface area (Å²) in [6, 6.07) is 0. The third-order valence-electron chi connectivity index (χ3n) is 1.03. The van der Waals surface area contributed by atoms with Crippen molar-refractivity contribution in [3.63, 3.8) is 0 Å². The van der Waals surface area contributed by atoms with Crippen molar-refractivity contribution in [3.05, 3.63) is 0 Å². The zero-order valence-corrected chi connectivity index (χ0v) is 7.57. The highest BCUT2D eigenvalue weighted by atomic mass is 35.5. The fourth-order valence-electron chi connectivity index (χ4n) is 0.372. The number of halogens is 1. The molecule has 0 atom stereocenters. The van der Waals surface area contributed by atoms with Crippen LogP contribution in [0.1, 0.15) is 0 Å². The van der Waals surface area contributed by atoms with Gasteiger partial charge in [-0.2, -0.15) is 0 Å². The van der Waals surface area contributed by atoms with Crippen LogP contribution in [-0.2, 0) is 9.47 Å². The van der Waals surface area contributed by atoms with Crippen LogP contribution in [0.15, 0.2) is 0 Å². The molecule has 0 heterocycles. The van der Waals surface area contributed by atoms with Gasteiger partial charge in [-0.05, 0) is 0 Å². The van der Waals surface area contributed by atoms with Crippen molar-refractivity contribution in [2.24, 2.45) is 0 Å². The van der Waals surface area contributed by atoms with Crippen LogP contribution in [0, 0.1) is 0 Å². The highest BCUT2D eigenvalue weighted by Crippen LogP contribution is 2.13. The Kier molecular flexibility index (Phi) is 8.47. The van der Waals surface area contributed by atoms with Gasteiger partial charge in [-0.15, -0.1) is 0 Å². The van der Waals surface area contributed by atoms with E-state index >= 15 is 0 Å². The fourth-order valence-corrected chi connectivity index (χ4v) is 0.949. The SMILES string of the molecule is COC(Cl)(OC)[SiH2]C.[MgH2]. The monoisotopic (exact) mass is 180 g/mol. The smallest absolute Gasteiger partial charge is 0.316 e. The van der Waals surface area contributed by atoms with Crippen molar-refractivity contribution in [3.8, 4) is 0 Å². The molecule has 0 spiro atoms. The van der Waals surface area contributed by atoms with E-state index in [-0.39, 0.29) is 23.1 Å². The van der Waals surface area contributed by atoms with E-state index in [4.69, 9.17) is 21.1 Å². The summed E-state index contributed by atoms with van der Waals surface area (Å²) >= 11 is 5.71. The van der Waals surface area contributed by atoms with Crippen LogP contribution in [-0.4, -0.2) is 51.7 Å². The van der Waals surface area contributed by atoms with Crippen LogP contribution >= 0.6 is 11.6 Å². The van der Waals surface area contributed by atoms with Crippen molar-refractivity contribution in [1.82, 2.24) is 0 Å². The first-order chi connectivity index (χ1) is 3.68. The van der Waals surface area contributed by atoms with Crippen LogP contribution in [0.5, 0.6) is 0 Å². The maximum atomic E-state index is 5.71. The van der Waals surface area contributed by atoms with Crippen LogP contribution in [0.25, 0.3) is 0 Å². The minimum Gasteiger partial charge on any atom is -0.345 e. The van der Waals surface area contributed by atoms with Crippen molar-refractivity contribution in [2.45, 2.75) is 11.4 Å². The molecule has 0 saturated carbocycles. The Morgan fingerprint density at radius 3 is 1.67 bits per heavy atom. The summed E-state index contributed by atoms with van der Waals surface area (Å²) in [6.45, 7) is 2.03. The maximum Gasteiger partial charge on any atom is 0.316 e. The van der Waals surface area contributed by atoms with E-state index in [1.165, 1.54) is 0 Å². The van der Waals surface area contributed by atoms with Gasteiger partial charge in [0.25, 0.3) is 0 Å². The second kappa shape index (κ2) is 5.94. The summed E-state index contributed by atoms with van der Waals surface area (Å²) in [5, 5.41) is 0. The molecule has 0 saturated heterocycles. The molecule has 0 N–H and O–H groups in total. The molecular weight excluding hydrogens is 168 g/mol. The minimum atomic E-state index is -0.764. The normalized spacial score (nSPS) is 12.0. The van der Waals surface area contributed by atoms with Gasteiger partial charge in [-0.3, -0.25) is 0 Å². The predicted octanol–water partition coefficient (Wildman–Crippen LogP) is -0.570. The topological polar surface area (TPSA) is 18.5 Å². The van der Waals surface area contributed by atoms with Crippen molar-refractivity contribution in [1.29, 1.82) is 0 Å². The van der Waals surface area contributed by atoms with Crippen molar-refractivity contribution >= 4 is 44.2 Å². The van der Waals surface area contributed by atoms with Crippen molar-refractivity contribution < 1.29 is 9.47 Å². The van der Waals surface area contributed by atoms with Gasteiger partial charge in [-0.1, -0.05) is 18.1 Å². The predicted molar refractivity (Wildman–Crippen MR) is 45.6 cm³/mol. The van der Waals surface area contributed by atoms with E-state index < -0.39 is 14.4 Å². The number of rotatable bonds is 3. The Morgan fingerprint density at radius 1 is 1.33 bits per heavy atom. The van der Waals surface area contributed by atoms with Gasteiger partial charge in [0.15, 0.2) is 0 Å². The molecule has 0 aliphatic rings. The highest BCUT2D eigenvalue weighted by molar-refractivity contribution is 6.53. The summed E-state index contributed by atoms with van der Waals surface area (Å²) in [5.74, 6) is 0. The molecule has 54 valence electrons. The Labute approximate surface area is 79.2 Å². The summed E-state index contributed by atoms with van der Waals surface area (Å²) < 4.78 is 9.68. The van der Waals surface area contributed by atoms with Crippen LogP contribution in [0.3, 0.4) is 0 Å². The van der Waals surface area contributed by atoms with Gasteiger partial charge in [0.1, 0.15) is 9.52 Å². The molecule has 0 amide bonds. The fraction of sp³-hybridized carbons (Fsp3) is 1.00. The zero-order valence-electron chi connectivity index (χ0n) is 5.40. The molecule has 0 fully saturated rings. The number of alkyl halides is 1. The van der Waals surface area contributed by atoms with Gasteiger partial charge in [0, 0.05) is 14.2 Å². The van der Waals surface area contributed by atoms with Gasteiger partial charge >= 0.3 is 23.1 Å². The lowest BCUT2D eigenvalue weighted by atomic mass is 11.3. The first-order valence-electron chi connectivity index (χ1n) is 2.47. The molecule has 0 aliphatic carbocycles. The first kappa shape index (κ1) is 12.8. The zero-order chi connectivity index (χ0) is 6.62. The molecule has 0 rings (SSSR count). The van der Waals surface area contributed by atoms with E-state index in [1.807, 2.05) is 6.55 Å². The quantitative estimate of drug-likeness (QED) is 0.329. The molecule has 0 bridgehead atoms. The molecule has 0 unspecified atom stereocenters. The van der Waals surface area contributed by atoms with E-state index in [1.54, 1.807) is 14.2 Å². The average Bonchev–Trinajstić information content (AvgIpc) is 1.87. The largest absolute Gasteiger partial charge is 0.345 e. The van der Waals surface area contributed by atoms with Gasteiger partial charge in [-0.25, -0.2) is 0 Å². The minimum absolute atomic E-state index is 0. The van der Waals surface area contributed by atoms with Crippen LogP contribution in [0.4, 0.5) is 0 Å². The molecule has 0 aromatic heterocycles. The first-order valence-corrected chi connectivity index (χ1v) is 4.97. The summed E-state index contributed by atoms with van der Waals surface area (Å²) in [7, 11) is 2.65. The Balaban J connectivity index is 0. The summed E-state index contributed by atoms with van der Waals surface area (Å²) in [4.78, 5) is -0.764. The third-order valence-corrected chi connectivity index (χ3v) is 3.56. The lowest BCUT2D eigenvalue weighted by Crippen LogP contribution is -2.31. The molecule has 0 aromatic carbocycles. The molecule has 9 heavy (non-hydrogen) atoms. The standard InChI is InChI=1S/C4H11ClO2Si.Mg.2H/c1-6-4(5,7-2)8-3;;;/h8H2,1-3H3;;;. The Morgan fingerprint density at radius 2 is 1.67 bits per heavy atom. The Bertz CT molecular complexity index is 61.3. The molecule has 0 radical (unpaired) electrons. The highest BCUT2D eigenvalue weighted by Gasteiger charge is 2.22. The second-order valence-corrected chi connectivity index (χ2v) is 4.08. The number of methoxy groups -OCH3 is 2. The third kappa shape index (κ3) is 4.58. The Hall–Kier alpha value is 1.19. The van der Waals surface area contributed by atoms with Crippen LogP contribution < -0.4 is 0 Å². The molecule has 0 aliphatic heterocycles. The number of hydrogen-bond acceptors (Lipinski definition) is 2. The molecule has 0 aromatic rings. The number of hydrogen-bond donors (Lipinski definition) is 0. The summed E-state index contributed by atoms with van der Waals surface area (Å²) in [5.41, 5.74) is 0. The van der Waals surface area contributed by atoms with Gasteiger partial charge < -0.3 is 9.47 Å². The number of ether oxygens (including phenoxy) is 2. The molecule has 2 nitrogen and oxygen atoms in total. The summed E-state index contributed by atoms with van der Waals surface area (Å²) in [6.07, 6.45) is 0. The lowest BCUT2D eigenvalue weighted by molar-refractivity contribution is -0.0798.